The molecule has 4 unspecified atom stereocenters. The molecule has 4 atom stereocenters. The normalized spacial score (nSPS) is 32.5. The average Bonchev–Trinajstić information content (AvgIpc) is 3.41. The van der Waals surface area contributed by atoms with Crippen LogP contribution in [0.4, 0.5) is 17.6 Å². The minimum atomic E-state index is -2.57. The summed E-state index contributed by atoms with van der Waals surface area (Å²) < 4.78 is 62.3. The third-order valence-electron chi connectivity index (χ3n) is 5.05. The molecule has 2 N–H and O–H groups in total. The Hall–Kier alpha value is -2.58. The van der Waals surface area contributed by atoms with Crippen molar-refractivity contribution in [1.82, 2.24) is 4.98 Å². The molecule has 1 heterocycles. The van der Waals surface area contributed by atoms with Crippen LogP contribution in [-0.2, 0) is 11.3 Å². The predicted molar refractivity (Wildman–Crippen MR) is 82.7 cm³/mol. The van der Waals surface area contributed by atoms with Gasteiger partial charge in [-0.15, -0.1) is 0 Å². The number of rotatable bonds is 4. The van der Waals surface area contributed by atoms with E-state index in [0.717, 1.165) is 19.4 Å². The van der Waals surface area contributed by atoms with Crippen LogP contribution in [0.3, 0.4) is 0 Å². The first-order chi connectivity index (χ1) is 12.1. The summed E-state index contributed by atoms with van der Waals surface area (Å²) in [5.74, 6) is -1.85. The summed E-state index contributed by atoms with van der Waals surface area (Å²) in [5.41, 5.74) is -7.77. The number of alkyl halides is 4. The molecule has 2 aromatic rings. The summed E-state index contributed by atoms with van der Waals surface area (Å²) in [6, 6.07) is 0.907. The Morgan fingerprint density at radius 2 is 1.85 bits per heavy atom. The van der Waals surface area contributed by atoms with Gasteiger partial charge in [-0.3, -0.25) is 4.79 Å². The summed E-state index contributed by atoms with van der Waals surface area (Å²) in [6.45, 7) is 0. The molecular formula is C17H13F4NO4. The minimum Gasteiger partial charge on any atom is -0.494 e. The predicted octanol–water partition coefficient (Wildman–Crippen LogP) is 3.05. The van der Waals surface area contributed by atoms with Gasteiger partial charge in [0, 0.05) is 30.2 Å². The lowest BCUT2D eigenvalue weighted by molar-refractivity contribution is 0.0695. The molecule has 0 amide bonds. The first-order valence-electron chi connectivity index (χ1n) is 7.81. The number of fused-ring (bicyclic) bond motifs is 1. The maximum atomic E-state index is 14.9. The quantitative estimate of drug-likeness (QED) is 0.810. The zero-order valence-electron chi connectivity index (χ0n) is 13.4. The van der Waals surface area contributed by atoms with Gasteiger partial charge < -0.3 is 14.8 Å². The smallest absolute Gasteiger partial charge is 0.341 e. The summed E-state index contributed by atoms with van der Waals surface area (Å²) in [4.78, 5) is 26.1. The van der Waals surface area contributed by atoms with Crippen molar-refractivity contribution < 1.29 is 32.2 Å². The number of halogens is 4. The standard InChI is InChI=1S/C17H13F4NO4/c1-26-14-11(17(21)4-10(17)19)8(16(20)3-9(16)18)2-6-12(14)22-5-7(13(6)23)15(24)25/h2,5,9-10H,3-4H2,1H3,(H,22,23)(H,24,25). The maximum absolute atomic E-state index is 14.9. The van der Waals surface area contributed by atoms with Gasteiger partial charge in [-0.1, -0.05) is 0 Å². The van der Waals surface area contributed by atoms with Gasteiger partial charge in [0.1, 0.15) is 23.7 Å². The molecule has 9 heteroatoms. The van der Waals surface area contributed by atoms with Gasteiger partial charge in [0.2, 0.25) is 5.43 Å². The molecule has 0 aliphatic heterocycles. The molecule has 0 bridgehead atoms. The van der Waals surface area contributed by atoms with Crippen molar-refractivity contribution in [2.75, 3.05) is 7.11 Å². The molecule has 2 aliphatic rings. The van der Waals surface area contributed by atoms with E-state index in [1.807, 2.05) is 0 Å². The van der Waals surface area contributed by atoms with Gasteiger partial charge in [-0.2, -0.15) is 0 Å². The number of nitrogens with one attached hydrogen (secondary N) is 1. The van der Waals surface area contributed by atoms with Crippen LogP contribution in [0, 0.1) is 0 Å². The van der Waals surface area contributed by atoms with Crippen molar-refractivity contribution in [3.05, 3.63) is 39.2 Å². The highest BCUT2D eigenvalue weighted by atomic mass is 19.2. The number of carboxylic acid groups (broad SMARTS) is 1. The summed E-state index contributed by atoms with van der Waals surface area (Å²) in [6.07, 6.45) is -4.03. The fourth-order valence-corrected chi connectivity index (χ4v) is 3.38. The summed E-state index contributed by atoms with van der Waals surface area (Å²) >= 11 is 0. The van der Waals surface area contributed by atoms with Crippen molar-refractivity contribution in [1.29, 1.82) is 0 Å². The van der Waals surface area contributed by atoms with Gasteiger partial charge in [0.15, 0.2) is 11.3 Å². The highest BCUT2D eigenvalue weighted by Gasteiger charge is 2.66. The van der Waals surface area contributed by atoms with Gasteiger partial charge in [0.05, 0.1) is 18.0 Å². The lowest BCUT2D eigenvalue weighted by Crippen LogP contribution is -2.20. The Balaban J connectivity index is 2.12. The van der Waals surface area contributed by atoms with Gasteiger partial charge >= 0.3 is 5.97 Å². The Bertz CT molecular complexity index is 1020. The summed E-state index contributed by atoms with van der Waals surface area (Å²) in [5, 5.41) is 8.77. The monoisotopic (exact) mass is 371 g/mol. The first-order valence-corrected chi connectivity index (χ1v) is 7.81. The second kappa shape index (κ2) is 4.99. The van der Waals surface area contributed by atoms with E-state index < -0.39 is 64.6 Å². The molecule has 0 radical (unpaired) electrons. The van der Waals surface area contributed by atoms with Crippen LogP contribution in [-0.4, -0.2) is 35.5 Å². The van der Waals surface area contributed by atoms with Crippen molar-refractivity contribution >= 4 is 16.9 Å². The molecule has 4 rings (SSSR count). The molecule has 26 heavy (non-hydrogen) atoms. The van der Waals surface area contributed by atoms with Crippen LogP contribution < -0.4 is 10.2 Å². The SMILES string of the molecule is COc1c(C2(F)CC2F)c(C2(F)CC2F)cc2c(=O)c(C(=O)O)c[nH]c12. The number of benzene rings is 1. The largest absolute Gasteiger partial charge is 0.494 e. The molecule has 1 aromatic carbocycles. The number of carbonyl (C=O) groups is 1. The van der Waals surface area contributed by atoms with Gasteiger partial charge in [-0.05, 0) is 6.07 Å². The van der Waals surface area contributed by atoms with E-state index in [1.54, 1.807) is 0 Å². The Kier molecular flexibility index (Phi) is 3.23. The zero-order valence-corrected chi connectivity index (χ0v) is 13.4. The lowest BCUT2D eigenvalue weighted by Gasteiger charge is -2.21. The number of carboxylic acids is 1. The molecule has 2 fully saturated rings. The van der Waals surface area contributed by atoms with Crippen molar-refractivity contribution in [2.24, 2.45) is 0 Å². The summed E-state index contributed by atoms with van der Waals surface area (Å²) in [7, 11) is 1.12. The molecule has 138 valence electrons. The van der Waals surface area contributed by atoms with Gasteiger partial charge in [-0.25, -0.2) is 22.4 Å². The average molecular weight is 371 g/mol. The van der Waals surface area contributed by atoms with Crippen molar-refractivity contribution in [3.8, 4) is 5.75 Å². The van der Waals surface area contributed by atoms with E-state index in [2.05, 4.69) is 4.98 Å². The van der Waals surface area contributed by atoms with Crippen LogP contribution in [0.15, 0.2) is 17.1 Å². The van der Waals surface area contributed by atoms with E-state index in [4.69, 9.17) is 9.84 Å². The number of hydrogen-bond acceptors (Lipinski definition) is 3. The molecule has 1 aromatic heterocycles. The van der Waals surface area contributed by atoms with Crippen molar-refractivity contribution in [2.45, 2.75) is 36.5 Å². The molecule has 5 nitrogen and oxygen atoms in total. The minimum absolute atomic E-state index is 0.1000. The Morgan fingerprint density at radius 1 is 1.27 bits per heavy atom. The van der Waals surface area contributed by atoms with E-state index in [-0.39, 0.29) is 16.7 Å². The number of hydrogen-bond donors (Lipinski definition) is 2. The highest BCUT2D eigenvalue weighted by Crippen LogP contribution is 2.62. The molecule has 2 saturated carbocycles. The number of aromatic carboxylic acids is 1. The molecule has 0 saturated heterocycles. The topological polar surface area (TPSA) is 79.4 Å². The van der Waals surface area contributed by atoms with E-state index in [9.17, 15) is 27.2 Å². The number of aromatic nitrogens is 1. The van der Waals surface area contributed by atoms with Crippen LogP contribution in [0.5, 0.6) is 5.75 Å². The number of pyridine rings is 1. The number of ether oxygens (including phenoxy) is 1. The van der Waals surface area contributed by atoms with Crippen molar-refractivity contribution in [3.63, 3.8) is 0 Å². The molecular weight excluding hydrogens is 358 g/mol. The van der Waals surface area contributed by atoms with Gasteiger partial charge in [0.25, 0.3) is 0 Å². The highest BCUT2D eigenvalue weighted by molar-refractivity contribution is 5.95. The van der Waals surface area contributed by atoms with Crippen LogP contribution >= 0.6 is 0 Å². The molecule has 2 aliphatic carbocycles. The maximum Gasteiger partial charge on any atom is 0.341 e. The van der Waals surface area contributed by atoms with E-state index in [1.165, 1.54) is 0 Å². The third-order valence-corrected chi connectivity index (χ3v) is 5.05. The zero-order chi connectivity index (χ0) is 19.0. The Morgan fingerprint density at radius 3 is 2.31 bits per heavy atom. The number of methoxy groups -OCH3 is 1. The Labute approximate surface area is 143 Å². The third kappa shape index (κ3) is 2.02. The van der Waals surface area contributed by atoms with Crippen LogP contribution in [0.25, 0.3) is 10.9 Å². The molecule has 0 spiro atoms. The van der Waals surface area contributed by atoms with E-state index >= 15 is 0 Å². The van der Waals surface area contributed by atoms with E-state index in [0.29, 0.717) is 0 Å². The fourth-order valence-electron chi connectivity index (χ4n) is 3.38. The van der Waals surface area contributed by atoms with Crippen LogP contribution in [0.1, 0.15) is 34.3 Å². The van der Waals surface area contributed by atoms with Crippen LogP contribution in [0.2, 0.25) is 0 Å². The first kappa shape index (κ1) is 16.9. The number of aromatic amines is 1. The number of H-pyrrole nitrogens is 1. The second-order valence-corrected chi connectivity index (χ2v) is 6.66. The lowest BCUT2D eigenvalue weighted by atomic mass is 9.92. The fraction of sp³-hybridized carbons (Fsp3) is 0.412. The second-order valence-electron chi connectivity index (χ2n) is 6.66.